The number of aromatic nitrogens is 2. The van der Waals surface area contributed by atoms with Gasteiger partial charge in [0.1, 0.15) is 0 Å². The fourth-order valence-electron chi connectivity index (χ4n) is 1.88. The average Bonchev–Trinajstić information content (AvgIpc) is 2.77. The summed E-state index contributed by atoms with van der Waals surface area (Å²) in [7, 11) is 0. The molecule has 0 radical (unpaired) electrons. The van der Waals surface area contributed by atoms with E-state index in [2.05, 4.69) is 28.7 Å². The third-order valence-electron chi connectivity index (χ3n) is 2.80. The largest absolute Gasteiger partial charge is 0.382 e. The van der Waals surface area contributed by atoms with Gasteiger partial charge >= 0.3 is 0 Å². The van der Waals surface area contributed by atoms with Crippen molar-refractivity contribution in [3.63, 3.8) is 0 Å². The van der Waals surface area contributed by atoms with Crippen molar-refractivity contribution in [3.05, 3.63) is 12.4 Å². The van der Waals surface area contributed by atoms with Crippen molar-refractivity contribution in [1.82, 2.24) is 9.55 Å². The van der Waals surface area contributed by atoms with Crippen LogP contribution in [0.1, 0.15) is 46.1 Å². The van der Waals surface area contributed by atoms with E-state index in [1.54, 1.807) is 0 Å². The van der Waals surface area contributed by atoms with Gasteiger partial charge in [0.25, 0.3) is 0 Å². The highest BCUT2D eigenvalue weighted by Crippen LogP contribution is 2.17. The fourth-order valence-corrected chi connectivity index (χ4v) is 1.88. The monoisotopic (exact) mass is 239 g/mol. The minimum atomic E-state index is 0.511. The number of hydrogen-bond donors (Lipinski definition) is 1. The molecule has 4 nitrogen and oxygen atoms in total. The van der Waals surface area contributed by atoms with Gasteiger partial charge in [-0.15, -0.1) is 0 Å². The molecule has 17 heavy (non-hydrogen) atoms. The molecule has 1 rings (SSSR count). The van der Waals surface area contributed by atoms with Gasteiger partial charge in [0.15, 0.2) is 0 Å². The van der Waals surface area contributed by atoms with Crippen molar-refractivity contribution in [3.8, 4) is 0 Å². The Hall–Kier alpha value is -1.03. The molecule has 1 atom stereocenters. The number of imidazole rings is 1. The van der Waals surface area contributed by atoms with Crippen LogP contribution in [-0.4, -0.2) is 29.3 Å². The van der Waals surface area contributed by atoms with Crippen LogP contribution < -0.4 is 5.32 Å². The molecule has 1 unspecified atom stereocenters. The predicted octanol–water partition coefficient (Wildman–Crippen LogP) is 3.08. The molecule has 1 N–H and O–H groups in total. The van der Waals surface area contributed by atoms with Crippen LogP contribution in [0, 0.1) is 0 Å². The molecule has 0 aliphatic rings. The fraction of sp³-hybridized carbons (Fsp3) is 0.769. The molecule has 0 amide bonds. The highest BCUT2D eigenvalue weighted by Gasteiger charge is 2.08. The van der Waals surface area contributed by atoms with Gasteiger partial charge in [0.05, 0.1) is 0 Å². The Bertz CT molecular complexity index is 299. The zero-order valence-electron chi connectivity index (χ0n) is 11.3. The average molecular weight is 239 g/mol. The predicted molar refractivity (Wildman–Crippen MR) is 71.4 cm³/mol. The number of hydrogen-bond acceptors (Lipinski definition) is 3. The molecule has 0 saturated heterocycles. The Kier molecular flexibility index (Phi) is 6.70. The summed E-state index contributed by atoms with van der Waals surface area (Å²) >= 11 is 0. The summed E-state index contributed by atoms with van der Waals surface area (Å²) in [6.07, 6.45) is 7.30. The smallest absolute Gasteiger partial charge is 0.203 e. The lowest BCUT2D eigenvalue weighted by molar-refractivity contribution is 0.147. The summed E-state index contributed by atoms with van der Waals surface area (Å²) in [5.74, 6) is 0.974. The molecular weight excluding hydrogens is 214 g/mol. The number of anilines is 1. The summed E-state index contributed by atoms with van der Waals surface area (Å²) < 4.78 is 7.51. The zero-order valence-corrected chi connectivity index (χ0v) is 11.3. The summed E-state index contributed by atoms with van der Waals surface area (Å²) in [5, 5.41) is 3.36. The zero-order chi connectivity index (χ0) is 12.5. The Morgan fingerprint density at radius 1 is 1.47 bits per heavy atom. The van der Waals surface area contributed by atoms with E-state index in [1.165, 1.54) is 12.8 Å². The van der Waals surface area contributed by atoms with E-state index in [0.717, 1.165) is 32.1 Å². The van der Waals surface area contributed by atoms with E-state index in [4.69, 9.17) is 4.74 Å². The van der Waals surface area contributed by atoms with Gasteiger partial charge in [0, 0.05) is 38.2 Å². The van der Waals surface area contributed by atoms with Gasteiger partial charge < -0.3 is 14.6 Å². The van der Waals surface area contributed by atoms with Crippen molar-refractivity contribution in [2.75, 3.05) is 25.1 Å². The second-order valence-corrected chi connectivity index (χ2v) is 4.27. The van der Waals surface area contributed by atoms with Gasteiger partial charge in [-0.2, -0.15) is 0 Å². The Labute approximate surface area is 104 Å². The SMILES string of the molecule is CCCC(C)n1ccnc1NCCCOCC. The van der Waals surface area contributed by atoms with E-state index in [0.29, 0.717) is 6.04 Å². The maximum Gasteiger partial charge on any atom is 0.203 e. The first-order valence-electron chi connectivity index (χ1n) is 6.64. The number of ether oxygens (including phenoxy) is 1. The van der Waals surface area contributed by atoms with Crippen LogP contribution in [0.3, 0.4) is 0 Å². The maximum absolute atomic E-state index is 5.30. The van der Waals surface area contributed by atoms with E-state index >= 15 is 0 Å². The third kappa shape index (κ3) is 4.77. The molecule has 0 aliphatic heterocycles. The minimum Gasteiger partial charge on any atom is -0.382 e. The summed E-state index contributed by atoms with van der Waals surface area (Å²) in [5.41, 5.74) is 0. The molecule has 4 heteroatoms. The number of nitrogens with one attached hydrogen (secondary N) is 1. The molecule has 0 bridgehead atoms. The lowest BCUT2D eigenvalue weighted by Crippen LogP contribution is -2.13. The van der Waals surface area contributed by atoms with Gasteiger partial charge in [-0.05, 0) is 26.7 Å². The molecule has 1 aromatic heterocycles. The molecule has 1 heterocycles. The van der Waals surface area contributed by atoms with Crippen molar-refractivity contribution in [2.45, 2.75) is 46.1 Å². The number of nitrogens with zero attached hydrogens (tertiary/aromatic N) is 2. The van der Waals surface area contributed by atoms with Gasteiger partial charge in [-0.1, -0.05) is 13.3 Å². The van der Waals surface area contributed by atoms with Crippen molar-refractivity contribution in [1.29, 1.82) is 0 Å². The molecule has 1 aromatic rings. The second kappa shape index (κ2) is 8.12. The summed E-state index contributed by atoms with van der Waals surface area (Å²) in [6.45, 7) is 8.98. The van der Waals surface area contributed by atoms with Crippen LogP contribution in [-0.2, 0) is 4.74 Å². The van der Waals surface area contributed by atoms with E-state index in [9.17, 15) is 0 Å². The van der Waals surface area contributed by atoms with Gasteiger partial charge in [-0.25, -0.2) is 4.98 Å². The Morgan fingerprint density at radius 2 is 2.29 bits per heavy atom. The first-order valence-corrected chi connectivity index (χ1v) is 6.64. The lowest BCUT2D eigenvalue weighted by Gasteiger charge is -2.16. The summed E-state index contributed by atoms with van der Waals surface area (Å²) in [4.78, 5) is 4.35. The van der Waals surface area contributed by atoms with E-state index in [-0.39, 0.29) is 0 Å². The van der Waals surface area contributed by atoms with E-state index < -0.39 is 0 Å². The van der Waals surface area contributed by atoms with Gasteiger partial charge in [-0.3, -0.25) is 0 Å². The minimum absolute atomic E-state index is 0.511. The quantitative estimate of drug-likeness (QED) is 0.673. The Morgan fingerprint density at radius 3 is 3.00 bits per heavy atom. The molecule has 0 aromatic carbocycles. The van der Waals surface area contributed by atoms with Crippen LogP contribution in [0.25, 0.3) is 0 Å². The molecule has 98 valence electrons. The molecule has 0 saturated carbocycles. The molecule has 0 fully saturated rings. The molecular formula is C13H25N3O. The number of rotatable bonds is 9. The maximum atomic E-state index is 5.30. The van der Waals surface area contributed by atoms with Crippen molar-refractivity contribution >= 4 is 5.95 Å². The first-order chi connectivity index (χ1) is 8.29. The first kappa shape index (κ1) is 14.0. The second-order valence-electron chi connectivity index (χ2n) is 4.27. The standard InChI is InChI=1S/C13H25N3O/c1-4-7-12(3)16-10-9-15-13(16)14-8-6-11-17-5-2/h9-10,12H,4-8,11H2,1-3H3,(H,14,15). The molecule has 0 aliphatic carbocycles. The highest BCUT2D eigenvalue weighted by atomic mass is 16.5. The van der Waals surface area contributed by atoms with E-state index in [1.807, 2.05) is 19.3 Å². The van der Waals surface area contributed by atoms with Gasteiger partial charge in [0.2, 0.25) is 5.95 Å². The van der Waals surface area contributed by atoms with Crippen LogP contribution in [0.5, 0.6) is 0 Å². The van der Waals surface area contributed by atoms with Crippen molar-refractivity contribution in [2.24, 2.45) is 0 Å². The van der Waals surface area contributed by atoms with Crippen LogP contribution in [0.4, 0.5) is 5.95 Å². The van der Waals surface area contributed by atoms with Crippen molar-refractivity contribution < 1.29 is 4.74 Å². The van der Waals surface area contributed by atoms with Crippen LogP contribution >= 0.6 is 0 Å². The topological polar surface area (TPSA) is 39.1 Å². The van der Waals surface area contributed by atoms with Crippen LogP contribution in [0.15, 0.2) is 12.4 Å². The Balaban J connectivity index is 2.35. The summed E-state index contributed by atoms with van der Waals surface area (Å²) in [6, 6.07) is 0.511. The van der Waals surface area contributed by atoms with Crippen LogP contribution in [0.2, 0.25) is 0 Å². The highest BCUT2D eigenvalue weighted by molar-refractivity contribution is 5.26. The lowest BCUT2D eigenvalue weighted by atomic mass is 10.2. The normalized spacial score (nSPS) is 12.6. The molecule has 0 spiro atoms. The third-order valence-corrected chi connectivity index (χ3v) is 2.80.